The Bertz CT molecular complexity index is 2770. The predicted molar refractivity (Wildman–Crippen MR) is 283 cm³/mol. The fourth-order valence-corrected chi connectivity index (χ4v) is 15.2. The number of fused-ring (bicyclic) bond motifs is 7. The minimum absolute atomic E-state index is 0.0164. The number of carboxylic acids is 1. The second-order valence-corrected chi connectivity index (χ2v) is 23.9. The van der Waals surface area contributed by atoms with E-state index in [1.165, 1.54) is 11.6 Å². The Balaban J connectivity index is 0.991. The normalized spacial score (nSPS) is 29.2. The summed E-state index contributed by atoms with van der Waals surface area (Å²) in [4.78, 5) is 41.5. The molecule has 7 heteroatoms. The first-order valence-corrected chi connectivity index (χ1v) is 26.5. The number of rotatable bonds is 13. The first kappa shape index (κ1) is 49.4. The van der Waals surface area contributed by atoms with Gasteiger partial charge in [0.2, 0.25) is 0 Å². The number of ketones is 1. The van der Waals surface area contributed by atoms with E-state index in [1.807, 2.05) is 91.0 Å². The number of hydrogen-bond acceptors (Lipinski definition) is 6. The fourth-order valence-electron chi connectivity index (χ4n) is 15.2. The van der Waals surface area contributed by atoms with Gasteiger partial charge in [0.15, 0.2) is 11.5 Å². The van der Waals surface area contributed by atoms with Gasteiger partial charge in [0.25, 0.3) is 0 Å². The van der Waals surface area contributed by atoms with Crippen LogP contribution in [0.1, 0.15) is 146 Å². The molecule has 10 rings (SSSR count). The first-order valence-electron chi connectivity index (χ1n) is 26.5. The van der Waals surface area contributed by atoms with Crippen molar-refractivity contribution in [2.24, 2.45) is 50.2 Å². The third-order valence-corrected chi connectivity index (χ3v) is 19.2. The first-order chi connectivity index (χ1) is 34.5. The Morgan fingerprint density at radius 1 is 0.653 bits per heavy atom. The predicted octanol–water partition coefficient (Wildman–Crippen LogP) is 15.0. The molecule has 0 saturated heterocycles. The van der Waals surface area contributed by atoms with Crippen LogP contribution in [0, 0.1) is 50.2 Å². The molecule has 1 N–H and O–H groups in total. The molecular formula is C65H72O7. The molecular weight excluding hydrogens is 893 g/mol. The molecule has 0 aromatic heterocycles. The van der Waals surface area contributed by atoms with Gasteiger partial charge < -0.3 is 19.3 Å². The molecule has 7 atom stereocenters. The van der Waals surface area contributed by atoms with Crippen LogP contribution in [-0.4, -0.2) is 29.4 Å². The zero-order valence-corrected chi connectivity index (χ0v) is 43.1. The monoisotopic (exact) mass is 965 g/mol. The van der Waals surface area contributed by atoms with Crippen molar-refractivity contribution in [2.75, 3.05) is 6.61 Å². The highest BCUT2D eigenvalue weighted by Crippen LogP contribution is 2.75. The Hall–Kier alpha value is -6.21. The molecule has 5 aromatic rings. The lowest BCUT2D eigenvalue weighted by atomic mass is 9.33. The van der Waals surface area contributed by atoms with Gasteiger partial charge in [-0.25, -0.2) is 4.79 Å². The summed E-state index contributed by atoms with van der Waals surface area (Å²) >= 11 is 0. The molecule has 5 aliphatic rings. The SMILES string of the molecule is CC1(C)CC[C@]2(C(=O)O)CC[C@]3(COC(=O)/C=C/c4ccc(OC(c5ccccc5)c5ccccc5)c(OC(c5ccccc5)c5ccccc5)c4)C(=CC[C@@H]4[C@@]5(C)CCC(=O)C(C)(C)[C@@H]5CC[C@]43C)[C@@H]2C1. The van der Waals surface area contributed by atoms with Gasteiger partial charge in [-0.1, -0.05) is 181 Å². The van der Waals surface area contributed by atoms with Crippen LogP contribution in [0.4, 0.5) is 0 Å². The van der Waals surface area contributed by atoms with Crippen molar-refractivity contribution in [3.05, 3.63) is 185 Å². The smallest absolute Gasteiger partial charge is 0.330 e. The Morgan fingerprint density at radius 3 is 1.75 bits per heavy atom. The minimum Gasteiger partial charge on any atom is -0.481 e. The number of aliphatic carboxylic acids is 1. The summed E-state index contributed by atoms with van der Waals surface area (Å²) in [6, 6.07) is 46.5. The lowest BCUT2D eigenvalue weighted by Crippen LogP contribution is -2.66. The molecule has 4 fully saturated rings. The second-order valence-electron chi connectivity index (χ2n) is 23.9. The van der Waals surface area contributed by atoms with E-state index in [9.17, 15) is 19.5 Å². The average Bonchev–Trinajstić information content (AvgIpc) is 3.38. The van der Waals surface area contributed by atoms with Crippen LogP contribution >= 0.6 is 0 Å². The third kappa shape index (κ3) is 8.62. The van der Waals surface area contributed by atoms with Crippen molar-refractivity contribution in [1.82, 2.24) is 0 Å². The molecule has 0 bridgehead atoms. The van der Waals surface area contributed by atoms with Gasteiger partial charge in [0.1, 0.15) is 24.6 Å². The molecule has 5 aliphatic carbocycles. The van der Waals surface area contributed by atoms with Crippen LogP contribution in [0.3, 0.4) is 0 Å². The van der Waals surface area contributed by atoms with Gasteiger partial charge in [0, 0.05) is 23.3 Å². The van der Waals surface area contributed by atoms with Crippen LogP contribution in [0.15, 0.2) is 157 Å². The highest BCUT2D eigenvalue weighted by atomic mass is 16.5. The lowest BCUT2D eigenvalue weighted by Gasteiger charge is -2.70. The number of ether oxygens (including phenoxy) is 3. The topological polar surface area (TPSA) is 99.1 Å². The molecule has 4 saturated carbocycles. The summed E-state index contributed by atoms with van der Waals surface area (Å²) in [5.74, 6) is 0.655. The van der Waals surface area contributed by atoms with Gasteiger partial charge in [-0.05, 0) is 138 Å². The van der Waals surface area contributed by atoms with Crippen molar-refractivity contribution in [1.29, 1.82) is 0 Å². The number of Topliss-reactive ketones (excluding diaryl/α,β-unsaturated/α-hetero) is 1. The Morgan fingerprint density at radius 2 is 1.19 bits per heavy atom. The average molecular weight is 965 g/mol. The number of benzene rings is 5. The molecule has 0 unspecified atom stereocenters. The van der Waals surface area contributed by atoms with Crippen LogP contribution in [0.5, 0.6) is 11.5 Å². The zero-order valence-electron chi connectivity index (χ0n) is 43.1. The lowest BCUT2D eigenvalue weighted by molar-refractivity contribution is -0.202. The molecule has 0 heterocycles. The fraction of sp³-hybridized carbons (Fsp3) is 0.431. The van der Waals surface area contributed by atoms with Gasteiger partial charge in [-0.2, -0.15) is 0 Å². The van der Waals surface area contributed by atoms with Gasteiger partial charge in [0.05, 0.1) is 5.41 Å². The van der Waals surface area contributed by atoms with Crippen molar-refractivity contribution in [2.45, 2.75) is 118 Å². The van der Waals surface area contributed by atoms with E-state index in [0.29, 0.717) is 43.0 Å². The van der Waals surface area contributed by atoms with Crippen molar-refractivity contribution in [3.8, 4) is 11.5 Å². The largest absolute Gasteiger partial charge is 0.481 e. The molecule has 0 amide bonds. The number of hydrogen-bond donors (Lipinski definition) is 1. The molecule has 72 heavy (non-hydrogen) atoms. The molecule has 5 aromatic carbocycles. The highest BCUT2D eigenvalue weighted by Gasteiger charge is 2.71. The maximum Gasteiger partial charge on any atom is 0.330 e. The number of esters is 1. The van der Waals surface area contributed by atoms with Crippen molar-refractivity contribution in [3.63, 3.8) is 0 Å². The molecule has 7 nitrogen and oxygen atoms in total. The molecule has 0 radical (unpaired) electrons. The Labute approximate surface area is 427 Å². The zero-order chi connectivity index (χ0) is 50.5. The number of carbonyl (C=O) groups is 3. The van der Waals surface area contributed by atoms with Crippen LogP contribution < -0.4 is 9.47 Å². The number of allylic oxidation sites excluding steroid dienone is 1. The maximum absolute atomic E-state index is 14.4. The van der Waals surface area contributed by atoms with Crippen LogP contribution in [0.25, 0.3) is 6.08 Å². The van der Waals surface area contributed by atoms with E-state index in [0.717, 1.165) is 66.3 Å². The summed E-state index contributed by atoms with van der Waals surface area (Å²) in [7, 11) is 0. The van der Waals surface area contributed by atoms with Crippen molar-refractivity contribution < 1.29 is 33.7 Å². The van der Waals surface area contributed by atoms with E-state index in [1.54, 1.807) is 6.08 Å². The molecule has 0 aliphatic heterocycles. The summed E-state index contributed by atoms with van der Waals surface area (Å²) in [6.45, 7) is 13.9. The standard InChI is InChI=1S/C65H72O7/c1-60(2)37-38-64(59(68)69)39-40-65(49(50(64)42-60)29-31-54-62(5)35-34-55(66)61(3,4)53(62)33-36-63(54,65)6)43-70-56(67)32-28-44-27-30-51(71-57(45-19-11-7-12-20-45)46-21-13-8-14-22-46)52(41-44)72-58(47-23-15-9-16-24-47)48-25-17-10-18-26-48/h7-30,32,41,50,53-54,57-58H,31,33-40,42-43H2,1-6H3,(H,68,69)/b32-28+/t50-,53-,54+,62-,63+,64-,65-/m0/s1. The van der Waals surface area contributed by atoms with E-state index >= 15 is 0 Å². The van der Waals surface area contributed by atoms with E-state index in [2.05, 4.69) is 96.1 Å². The van der Waals surface area contributed by atoms with Crippen LogP contribution in [-0.2, 0) is 19.1 Å². The summed E-state index contributed by atoms with van der Waals surface area (Å²) in [5.41, 5.74) is 3.73. The summed E-state index contributed by atoms with van der Waals surface area (Å²) in [5, 5.41) is 11.1. The number of carboxylic acid groups (broad SMARTS) is 1. The minimum atomic E-state index is -0.837. The van der Waals surface area contributed by atoms with E-state index < -0.39 is 40.4 Å². The quantitative estimate of drug-likeness (QED) is 0.0713. The van der Waals surface area contributed by atoms with Gasteiger partial charge >= 0.3 is 11.9 Å². The highest BCUT2D eigenvalue weighted by molar-refractivity contribution is 5.87. The van der Waals surface area contributed by atoms with Gasteiger partial charge in [-0.3, -0.25) is 9.59 Å². The molecule has 0 spiro atoms. The second kappa shape index (κ2) is 19.0. The van der Waals surface area contributed by atoms with Crippen LogP contribution in [0.2, 0.25) is 0 Å². The molecule has 374 valence electrons. The summed E-state index contributed by atoms with van der Waals surface area (Å²) in [6.07, 6.45) is 12.4. The summed E-state index contributed by atoms with van der Waals surface area (Å²) < 4.78 is 20.7. The van der Waals surface area contributed by atoms with E-state index in [4.69, 9.17) is 14.2 Å². The van der Waals surface area contributed by atoms with Crippen molar-refractivity contribution >= 4 is 23.8 Å². The maximum atomic E-state index is 14.4. The third-order valence-electron chi connectivity index (χ3n) is 19.2. The van der Waals surface area contributed by atoms with Gasteiger partial charge in [-0.15, -0.1) is 0 Å². The van der Waals surface area contributed by atoms with E-state index in [-0.39, 0.29) is 40.6 Å². The number of carbonyl (C=O) groups excluding carboxylic acids is 2. The Kier molecular flexibility index (Phi) is 13.0.